The lowest BCUT2D eigenvalue weighted by molar-refractivity contribution is 0.233. The second-order valence-corrected chi connectivity index (χ2v) is 7.45. The number of halogens is 3. The molecule has 0 spiro atoms. The molecule has 0 saturated heterocycles. The highest BCUT2D eigenvalue weighted by atomic mass is 35.5. The molecule has 1 N–H and O–H groups in total. The van der Waals surface area contributed by atoms with Crippen LogP contribution in [0.5, 0.6) is 0 Å². The van der Waals surface area contributed by atoms with Crippen molar-refractivity contribution in [1.29, 1.82) is 0 Å². The van der Waals surface area contributed by atoms with Gasteiger partial charge in [-0.25, -0.2) is 13.8 Å². The minimum absolute atomic E-state index is 0.0655. The van der Waals surface area contributed by atoms with Gasteiger partial charge in [-0.15, -0.1) is 11.3 Å². The Labute approximate surface area is 157 Å². The summed E-state index contributed by atoms with van der Waals surface area (Å²) in [4.78, 5) is 22.5. The quantitative estimate of drug-likeness (QED) is 0.684. The van der Waals surface area contributed by atoms with Gasteiger partial charge in [0.05, 0.1) is 15.6 Å². The number of fused-ring (bicyclic) bond motifs is 1. The molecular formula is C18H14ClF2N3OS. The molecule has 0 radical (unpaired) electrons. The number of thiophene rings is 1. The lowest BCUT2D eigenvalue weighted by atomic mass is 10.1. The molecule has 4 nitrogen and oxygen atoms in total. The van der Waals surface area contributed by atoms with Gasteiger partial charge in [-0.3, -0.25) is 9.69 Å². The summed E-state index contributed by atoms with van der Waals surface area (Å²) < 4.78 is 28.2. The Morgan fingerprint density at radius 2 is 2.15 bits per heavy atom. The van der Waals surface area contributed by atoms with Gasteiger partial charge < -0.3 is 4.98 Å². The van der Waals surface area contributed by atoms with E-state index in [1.165, 1.54) is 17.4 Å². The van der Waals surface area contributed by atoms with Crippen molar-refractivity contribution in [3.05, 3.63) is 73.5 Å². The summed E-state index contributed by atoms with van der Waals surface area (Å²) in [6.07, 6.45) is 0.478. The molecule has 26 heavy (non-hydrogen) atoms. The number of rotatable bonds is 3. The molecule has 0 aliphatic carbocycles. The summed E-state index contributed by atoms with van der Waals surface area (Å²) >= 11 is 7.25. The van der Waals surface area contributed by atoms with E-state index in [1.54, 1.807) is 0 Å². The summed E-state index contributed by atoms with van der Waals surface area (Å²) in [5, 5.41) is 1.81. The highest BCUT2D eigenvalue weighted by Gasteiger charge is 2.24. The maximum Gasteiger partial charge on any atom is 0.254 e. The third kappa shape index (κ3) is 3.18. The number of benzene rings is 1. The van der Waals surface area contributed by atoms with Crippen molar-refractivity contribution in [3.63, 3.8) is 0 Å². The molecule has 3 aromatic rings. The zero-order valence-electron chi connectivity index (χ0n) is 13.6. The van der Waals surface area contributed by atoms with Gasteiger partial charge in [0.2, 0.25) is 0 Å². The van der Waals surface area contributed by atoms with E-state index in [0.29, 0.717) is 36.6 Å². The molecule has 0 atom stereocenters. The van der Waals surface area contributed by atoms with E-state index in [-0.39, 0.29) is 22.7 Å². The number of nitrogens with zero attached hydrogens (tertiary/aromatic N) is 2. The monoisotopic (exact) mass is 393 g/mol. The number of H-pyrrole nitrogens is 1. The molecule has 0 amide bonds. The first-order valence-electron chi connectivity index (χ1n) is 8.03. The minimum Gasteiger partial charge on any atom is -0.306 e. The van der Waals surface area contributed by atoms with E-state index in [0.717, 1.165) is 10.9 Å². The van der Waals surface area contributed by atoms with Gasteiger partial charge in [0.15, 0.2) is 5.82 Å². The van der Waals surface area contributed by atoms with Crippen molar-refractivity contribution in [3.8, 4) is 10.7 Å². The van der Waals surface area contributed by atoms with Gasteiger partial charge in [0.25, 0.3) is 5.56 Å². The van der Waals surface area contributed by atoms with Crippen LogP contribution in [0.4, 0.5) is 8.78 Å². The Morgan fingerprint density at radius 3 is 2.92 bits per heavy atom. The van der Waals surface area contributed by atoms with Crippen molar-refractivity contribution in [2.75, 3.05) is 6.54 Å². The predicted octanol–water partition coefficient (Wildman–Crippen LogP) is 3.99. The van der Waals surface area contributed by atoms with E-state index in [1.807, 2.05) is 22.4 Å². The normalized spacial score (nSPS) is 14.4. The highest BCUT2D eigenvalue weighted by Crippen LogP contribution is 2.26. The molecular weight excluding hydrogens is 380 g/mol. The van der Waals surface area contributed by atoms with Crippen molar-refractivity contribution in [1.82, 2.24) is 14.9 Å². The Kier molecular flexibility index (Phi) is 4.60. The van der Waals surface area contributed by atoms with Gasteiger partial charge in [0.1, 0.15) is 11.6 Å². The number of aromatic nitrogens is 2. The number of hydrogen-bond acceptors (Lipinski definition) is 4. The van der Waals surface area contributed by atoms with Crippen LogP contribution in [0.15, 0.2) is 34.4 Å². The molecule has 0 unspecified atom stereocenters. The average Bonchev–Trinajstić information content (AvgIpc) is 3.16. The summed E-state index contributed by atoms with van der Waals surface area (Å²) in [5.74, 6) is -0.850. The molecule has 2 aromatic heterocycles. The van der Waals surface area contributed by atoms with Gasteiger partial charge >= 0.3 is 0 Å². The topological polar surface area (TPSA) is 49.0 Å². The molecule has 1 aliphatic rings. The van der Waals surface area contributed by atoms with Crippen LogP contribution >= 0.6 is 22.9 Å². The average molecular weight is 394 g/mol. The second kappa shape index (κ2) is 6.90. The van der Waals surface area contributed by atoms with Crippen molar-refractivity contribution in [2.45, 2.75) is 19.5 Å². The molecule has 134 valence electrons. The fourth-order valence-corrected chi connectivity index (χ4v) is 3.94. The van der Waals surface area contributed by atoms with Gasteiger partial charge in [-0.2, -0.15) is 0 Å². The van der Waals surface area contributed by atoms with Crippen LogP contribution in [0, 0.1) is 11.6 Å². The fourth-order valence-electron chi connectivity index (χ4n) is 3.10. The van der Waals surface area contributed by atoms with Crippen LogP contribution in [-0.4, -0.2) is 21.4 Å². The van der Waals surface area contributed by atoms with Crippen LogP contribution in [0.25, 0.3) is 10.7 Å². The molecule has 0 bridgehead atoms. The maximum atomic E-state index is 14.2. The minimum atomic E-state index is -0.740. The van der Waals surface area contributed by atoms with E-state index in [9.17, 15) is 13.6 Å². The van der Waals surface area contributed by atoms with Crippen molar-refractivity contribution in [2.24, 2.45) is 0 Å². The van der Waals surface area contributed by atoms with Crippen LogP contribution in [0.1, 0.15) is 16.8 Å². The van der Waals surface area contributed by atoms with E-state index in [4.69, 9.17) is 11.6 Å². The Hall–Kier alpha value is -2.09. The zero-order valence-corrected chi connectivity index (χ0v) is 15.1. The second-order valence-electron chi connectivity index (χ2n) is 6.10. The molecule has 8 heteroatoms. The lowest BCUT2D eigenvalue weighted by Crippen LogP contribution is -2.35. The first-order valence-corrected chi connectivity index (χ1v) is 9.29. The lowest BCUT2D eigenvalue weighted by Gasteiger charge is -2.28. The molecule has 0 saturated carbocycles. The summed E-state index contributed by atoms with van der Waals surface area (Å²) in [5.41, 5.74) is 1.06. The van der Waals surface area contributed by atoms with Crippen LogP contribution in [0.2, 0.25) is 5.02 Å². The maximum absolute atomic E-state index is 14.2. The number of hydrogen-bond donors (Lipinski definition) is 1. The Balaban J connectivity index is 1.64. The van der Waals surface area contributed by atoms with E-state index in [2.05, 4.69) is 9.97 Å². The predicted molar refractivity (Wildman–Crippen MR) is 97.4 cm³/mol. The SMILES string of the molecule is O=c1[nH]c(-c2cccs2)nc2c1CCN(Cc1c(F)ccc(Cl)c1F)C2. The molecule has 1 aromatic carbocycles. The third-order valence-electron chi connectivity index (χ3n) is 4.43. The summed E-state index contributed by atoms with van der Waals surface area (Å²) in [7, 11) is 0. The molecule has 1 aliphatic heterocycles. The first kappa shape index (κ1) is 17.3. The van der Waals surface area contributed by atoms with Crippen LogP contribution in [0.3, 0.4) is 0 Å². The van der Waals surface area contributed by atoms with Crippen molar-refractivity contribution >= 4 is 22.9 Å². The first-order chi connectivity index (χ1) is 12.5. The molecule has 3 heterocycles. The number of aromatic amines is 1. The highest BCUT2D eigenvalue weighted by molar-refractivity contribution is 7.13. The zero-order chi connectivity index (χ0) is 18.3. The third-order valence-corrected chi connectivity index (χ3v) is 5.60. The van der Waals surface area contributed by atoms with E-state index < -0.39 is 11.6 Å². The van der Waals surface area contributed by atoms with Gasteiger partial charge in [-0.1, -0.05) is 17.7 Å². The van der Waals surface area contributed by atoms with Crippen LogP contribution < -0.4 is 5.56 Å². The molecule has 4 rings (SSSR count). The Bertz CT molecular complexity index is 1020. The fraction of sp³-hybridized carbons (Fsp3) is 0.222. The number of nitrogens with one attached hydrogen (secondary N) is 1. The largest absolute Gasteiger partial charge is 0.306 e. The summed E-state index contributed by atoms with van der Waals surface area (Å²) in [6.45, 7) is 0.936. The van der Waals surface area contributed by atoms with E-state index >= 15 is 0 Å². The molecule has 0 fully saturated rings. The summed E-state index contributed by atoms with van der Waals surface area (Å²) in [6, 6.07) is 6.13. The standard InChI is InChI=1S/C18H14ClF2N3OS/c19-12-3-4-13(20)11(16(12)21)8-24-6-5-10-14(9-24)22-17(23-18(10)25)15-2-1-7-26-15/h1-4,7H,5-6,8-9H2,(H,22,23,25). The van der Waals surface area contributed by atoms with Gasteiger partial charge in [-0.05, 0) is 30.0 Å². The van der Waals surface area contributed by atoms with Crippen LogP contribution in [-0.2, 0) is 19.5 Å². The smallest absolute Gasteiger partial charge is 0.254 e. The Morgan fingerprint density at radius 1 is 1.31 bits per heavy atom. The van der Waals surface area contributed by atoms with Crippen molar-refractivity contribution < 1.29 is 8.78 Å². The van der Waals surface area contributed by atoms with Gasteiger partial charge in [0, 0.05) is 30.8 Å².